The normalized spacial score (nSPS) is 11.1. The molecule has 0 amide bonds. The van der Waals surface area contributed by atoms with E-state index in [1.165, 1.54) is 11.6 Å². The first-order valence-electron chi connectivity index (χ1n) is 6.13. The summed E-state index contributed by atoms with van der Waals surface area (Å²) >= 11 is 5.92. The number of hydrogen-bond acceptors (Lipinski definition) is 0. The van der Waals surface area contributed by atoms with Crippen molar-refractivity contribution in [2.45, 2.75) is 13.5 Å². The third-order valence-electron chi connectivity index (χ3n) is 3.28. The van der Waals surface area contributed by atoms with E-state index in [0.717, 1.165) is 10.9 Å². The zero-order valence-electron chi connectivity index (χ0n) is 10.5. The number of halogens is 2. The number of rotatable bonds is 2. The molecule has 1 nitrogen and oxygen atoms in total. The van der Waals surface area contributed by atoms with E-state index >= 15 is 0 Å². The van der Waals surface area contributed by atoms with Crippen molar-refractivity contribution in [2.24, 2.45) is 0 Å². The highest BCUT2D eigenvalue weighted by Crippen LogP contribution is 2.21. The van der Waals surface area contributed by atoms with Gasteiger partial charge in [0.25, 0.3) is 0 Å². The molecule has 0 radical (unpaired) electrons. The van der Waals surface area contributed by atoms with Gasteiger partial charge in [0.2, 0.25) is 0 Å². The van der Waals surface area contributed by atoms with Crippen LogP contribution in [-0.4, -0.2) is 4.57 Å². The van der Waals surface area contributed by atoms with Gasteiger partial charge < -0.3 is 4.57 Å². The van der Waals surface area contributed by atoms with Crippen LogP contribution in [0.1, 0.15) is 11.1 Å². The number of benzene rings is 2. The molecule has 0 saturated heterocycles. The Hall–Kier alpha value is -1.80. The average Bonchev–Trinajstić information content (AvgIpc) is 2.77. The highest BCUT2D eigenvalue weighted by molar-refractivity contribution is 6.30. The van der Waals surface area contributed by atoms with Crippen LogP contribution in [0.15, 0.2) is 48.7 Å². The monoisotopic (exact) mass is 273 g/mol. The van der Waals surface area contributed by atoms with Crippen molar-refractivity contribution in [2.75, 3.05) is 0 Å². The Labute approximate surface area is 116 Å². The van der Waals surface area contributed by atoms with Crippen LogP contribution in [-0.2, 0) is 6.54 Å². The molecule has 96 valence electrons. The Morgan fingerprint density at radius 2 is 1.95 bits per heavy atom. The summed E-state index contributed by atoms with van der Waals surface area (Å²) in [7, 11) is 0. The smallest absolute Gasteiger partial charge is 0.128 e. The highest BCUT2D eigenvalue weighted by atomic mass is 35.5. The van der Waals surface area contributed by atoms with Crippen molar-refractivity contribution in [3.05, 3.63) is 70.6 Å². The summed E-state index contributed by atoms with van der Waals surface area (Å²) < 4.78 is 15.8. The van der Waals surface area contributed by atoms with E-state index < -0.39 is 0 Å². The van der Waals surface area contributed by atoms with Crippen LogP contribution in [0.2, 0.25) is 5.02 Å². The largest absolute Gasteiger partial charge is 0.343 e. The fourth-order valence-electron chi connectivity index (χ4n) is 2.28. The summed E-state index contributed by atoms with van der Waals surface area (Å²) in [6.45, 7) is 2.54. The van der Waals surface area contributed by atoms with Crippen molar-refractivity contribution in [1.29, 1.82) is 0 Å². The Balaban J connectivity index is 2.05. The van der Waals surface area contributed by atoms with Gasteiger partial charge in [-0.3, -0.25) is 0 Å². The van der Waals surface area contributed by atoms with Gasteiger partial charge in [0.05, 0.1) is 6.54 Å². The summed E-state index contributed by atoms with van der Waals surface area (Å²) in [5.74, 6) is -0.223. The average molecular weight is 274 g/mol. The molecule has 0 atom stereocenters. The van der Waals surface area contributed by atoms with Gasteiger partial charge in [-0.1, -0.05) is 23.7 Å². The predicted octanol–water partition coefficient (Wildman–Crippen LogP) is 4.79. The summed E-state index contributed by atoms with van der Waals surface area (Å²) in [5, 5.41) is 1.72. The molecule has 2 aromatic carbocycles. The molecule has 0 aliphatic carbocycles. The topological polar surface area (TPSA) is 4.93 Å². The zero-order chi connectivity index (χ0) is 13.4. The highest BCUT2D eigenvalue weighted by Gasteiger charge is 2.06. The van der Waals surface area contributed by atoms with Crippen LogP contribution in [0, 0.1) is 12.7 Å². The van der Waals surface area contributed by atoms with Crippen molar-refractivity contribution >= 4 is 22.5 Å². The minimum atomic E-state index is -0.223. The molecular formula is C16H13ClFN. The third kappa shape index (κ3) is 2.36. The van der Waals surface area contributed by atoms with Crippen molar-refractivity contribution in [1.82, 2.24) is 4.57 Å². The van der Waals surface area contributed by atoms with Gasteiger partial charge in [-0.05, 0) is 48.2 Å². The maximum Gasteiger partial charge on any atom is 0.128 e. The summed E-state index contributed by atoms with van der Waals surface area (Å²) in [6, 6.07) is 13.0. The fourth-order valence-corrected chi connectivity index (χ4v) is 2.47. The van der Waals surface area contributed by atoms with Crippen molar-refractivity contribution in [3.63, 3.8) is 0 Å². The van der Waals surface area contributed by atoms with Gasteiger partial charge in [-0.15, -0.1) is 0 Å². The minimum absolute atomic E-state index is 0.223. The molecule has 1 heterocycles. The van der Waals surface area contributed by atoms with Crippen molar-refractivity contribution < 1.29 is 4.39 Å². The van der Waals surface area contributed by atoms with Gasteiger partial charge in [0, 0.05) is 22.3 Å². The fraction of sp³-hybridized carbons (Fsp3) is 0.125. The number of hydrogen-bond donors (Lipinski definition) is 0. The van der Waals surface area contributed by atoms with Crippen molar-refractivity contribution in [3.8, 4) is 0 Å². The van der Waals surface area contributed by atoms with Gasteiger partial charge in [0.1, 0.15) is 5.82 Å². The number of aromatic nitrogens is 1. The lowest BCUT2D eigenvalue weighted by atomic mass is 10.2. The molecule has 19 heavy (non-hydrogen) atoms. The Bertz CT molecular complexity index is 746. The van der Waals surface area contributed by atoms with Crippen LogP contribution < -0.4 is 0 Å². The second-order valence-electron chi connectivity index (χ2n) is 4.74. The molecule has 3 heteroatoms. The van der Waals surface area contributed by atoms with E-state index in [-0.39, 0.29) is 5.82 Å². The number of aryl methyl sites for hydroxylation is 1. The van der Waals surface area contributed by atoms with Gasteiger partial charge >= 0.3 is 0 Å². The molecule has 3 aromatic rings. The lowest BCUT2D eigenvalue weighted by Crippen LogP contribution is -2.00. The second-order valence-corrected chi connectivity index (χ2v) is 5.18. The van der Waals surface area contributed by atoms with E-state index in [0.29, 0.717) is 17.1 Å². The van der Waals surface area contributed by atoms with Crippen LogP contribution >= 0.6 is 11.6 Å². The van der Waals surface area contributed by atoms with E-state index in [2.05, 4.69) is 25.1 Å². The minimum Gasteiger partial charge on any atom is -0.343 e. The molecule has 0 aliphatic rings. The van der Waals surface area contributed by atoms with Crippen LogP contribution in [0.3, 0.4) is 0 Å². The Kier molecular flexibility index (Phi) is 3.03. The molecule has 0 saturated carbocycles. The summed E-state index contributed by atoms with van der Waals surface area (Å²) in [6.07, 6.45) is 1.98. The molecule has 3 rings (SSSR count). The summed E-state index contributed by atoms with van der Waals surface area (Å²) in [5.41, 5.74) is 2.91. The predicted molar refractivity (Wildman–Crippen MR) is 77.2 cm³/mol. The SMILES string of the molecule is Cc1ccc2ccn(Cc3cc(Cl)ccc3F)c2c1. The van der Waals surface area contributed by atoms with E-state index in [4.69, 9.17) is 11.6 Å². The molecule has 0 bridgehead atoms. The molecule has 0 aliphatic heterocycles. The first kappa shape index (κ1) is 12.2. The molecular weight excluding hydrogens is 261 g/mol. The Morgan fingerprint density at radius 3 is 2.79 bits per heavy atom. The molecule has 0 N–H and O–H groups in total. The van der Waals surface area contributed by atoms with Crippen LogP contribution in [0.5, 0.6) is 0 Å². The Morgan fingerprint density at radius 1 is 1.11 bits per heavy atom. The zero-order valence-corrected chi connectivity index (χ0v) is 11.3. The second kappa shape index (κ2) is 4.71. The quantitative estimate of drug-likeness (QED) is 0.633. The number of nitrogens with zero attached hydrogens (tertiary/aromatic N) is 1. The van der Waals surface area contributed by atoms with E-state index in [9.17, 15) is 4.39 Å². The van der Waals surface area contributed by atoms with Crippen LogP contribution in [0.4, 0.5) is 4.39 Å². The third-order valence-corrected chi connectivity index (χ3v) is 3.51. The molecule has 0 fully saturated rings. The van der Waals surface area contributed by atoms with Gasteiger partial charge in [0.15, 0.2) is 0 Å². The first-order valence-corrected chi connectivity index (χ1v) is 6.51. The molecule has 0 spiro atoms. The van der Waals surface area contributed by atoms with Gasteiger partial charge in [-0.25, -0.2) is 4.39 Å². The van der Waals surface area contributed by atoms with Gasteiger partial charge in [-0.2, -0.15) is 0 Å². The maximum atomic E-state index is 13.8. The molecule has 1 aromatic heterocycles. The first-order chi connectivity index (χ1) is 9.13. The maximum absolute atomic E-state index is 13.8. The van der Waals surface area contributed by atoms with E-state index in [1.807, 2.05) is 16.8 Å². The standard InChI is InChI=1S/C16H13ClFN/c1-11-2-3-12-6-7-19(16(12)8-11)10-13-9-14(17)4-5-15(13)18/h2-9H,10H2,1H3. The summed E-state index contributed by atoms with van der Waals surface area (Å²) in [4.78, 5) is 0. The lowest BCUT2D eigenvalue weighted by molar-refractivity contribution is 0.602. The molecule has 0 unspecified atom stereocenters. The van der Waals surface area contributed by atoms with Crippen LogP contribution in [0.25, 0.3) is 10.9 Å². The number of fused-ring (bicyclic) bond motifs is 1. The lowest BCUT2D eigenvalue weighted by Gasteiger charge is -2.08. The van der Waals surface area contributed by atoms with E-state index in [1.54, 1.807) is 12.1 Å².